The van der Waals surface area contributed by atoms with Gasteiger partial charge in [-0.2, -0.15) is 0 Å². The van der Waals surface area contributed by atoms with Crippen molar-refractivity contribution < 1.29 is 53.3 Å². The normalized spacial score (nSPS) is 18.4. The van der Waals surface area contributed by atoms with E-state index in [2.05, 4.69) is 21.3 Å². The van der Waals surface area contributed by atoms with Crippen molar-refractivity contribution in [3.63, 3.8) is 0 Å². The van der Waals surface area contributed by atoms with E-state index in [9.17, 15) is 53.4 Å². The highest BCUT2D eigenvalue weighted by Crippen LogP contribution is 2.46. The van der Waals surface area contributed by atoms with E-state index in [-0.39, 0.29) is 55.6 Å². The average molecular weight is 914 g/mol. The second-order valence-electron chi connectivity index (χ2n) is 16.9. The number of esters is 1. The number of amides is 6. The highest BCUT2D eigenvalue weighted by atomic mass is 32.2. The molecule has 3 aromatic rings. The first-order valence-electron chi connectivity index (χ1n) is 21.7. The number of benzene rings is 1. The Balaban J connectivity index is 1.00. The minimum Gasteiger partial charge on any atom is -0.481 e. The van der Waals surface area contributed by atoms with Crippen LogP contribution in [-0.2, 0) is 68.3 Å². The summed E-state index contributed by atoms with van der Waals surface area (Å²) in [6, 6.07) is 1.63. The van der Waals surface area contributed by atoms with Crippen molar-refractivity contribution in [2.75, 3.05) is 17.6 Å². The third-order valence-corrected chi connectivity index (χ3v) is 13.4. The molecule has 0 spiro atoms. The summed E-state index contributed by atoms with van der Waals surface area (Å²) in [7, 11) is 0. The van der Waals surface area contributed by atoms with E-state index in [0.717, 1.165) is 26.3 Å². The highest BCUT2D eigenvalue weighted by Gasteiger charge is 2.46. The van der Waals surface area contributed by atoms with Crippen LogP contribution >= 0.6 is 11.8 Å². The number of carbonyl (C=O) groups excluding carboxylic acids is 7. The van der Waals surface area contributed by atoms with Crippen LogP contribution in [0.25, 0.3) is 22.3 Å². The Morgan fingerprint density at radius 2 is 1.65 bits per heavy atom. The van der Waals surface area contributed by atoms with Crippen molar-refractivity contribution in [1.82, 2.24) is 30.4 Å². The van der Waals surface area contributed by atoms with Gasteiger partial charge in [0.05, 0.1) is 34.7 Å². The van der Waals surface area contributed by atoms with E-state index in [4.69, 9.17) is 9.72 Å². The van der Waals surface area contributed by atoms with Crippen LogP contribution in [0.2, 0.25) is 0 Å². The predicted molar refractivity (Wildman–Crippen MR) is 235 cm³/mol. The van der Waals surface area contributed by atoms with E-state index in [1.807, 2.05) is 0 Å². The third kappa shape index (κ3) is 9.27. The number of carboxylic acids is 1. The molecule has 6 N–H and O–H groups in total. The number of hydrogen-bond acceptors (Lipinski definition) is 13. The summed E-state index contributed by atoms with van der Waals surface area (Å²) in [4.78, 5) is 122. The molecule has 19 nitrogen and oxygen atoms in total. The van der Waals surface area contributed by atoms with Crippen LogP contribution in [0, 0.1) is 5.92 Å². The quantitative estimate of drug-likeness (QED) is 0.0475. The second-order valence-corrected chi connectivity index (χ2v) is 18.0. The number of aliphatic carboxylic acids is 1. The molecule has 4 aliphatic heterocycles. The Labute approximate surface area is 377 Å². The van der Waals surface area contributed by atoms with Crippen LogP contribution in [0.15, 0.2) is 40.0 Å². The highest BCUT2D eigenvalue weighted by molar-refractivity contribution is 7.99. The molecule has 0 bridgehead atoms. The molecule has 4 aliphatic rings. The fraction of sp³-hybridized carbons (Fsp3) is 0.467. The van der Waals surface area contributed by atoms with Crippen molar-refractivity contribution in [2.45, 2.75) is 121 Å². The standard InChI is InChI=1S/C45H51N7O12S/c1-5-45(63)27-19-31-38-25(20-52(31)43(61)26(27)21-64-44(45)62)24-16-18-65-39-29(11-10-28(48-38)36(24)39)49-40(58)23(4)46-42(60)37(22(2)3)50-41(59)30(12-15-35(56)57)47-32(53)9-7-6-8-17-51-33(54)13-14-34(51)55/h10-11,13-14,19,22-23,30,37,63H,5-9,12,15-18,20-21H2,1-4H3,(H,46,60)(H,47,53)(H,49,58)(H,50,59)(H,56,57)/t23-,30-,37-,45-/m0/s1. The molecule has 0 fully saturated rings. The number of thioether (sulfide) groups is 1. The number of aromatic nitrogens is 2. The van der Waals surface area contributed by atoms with Gasteiger partial charge in [0.25, 0.3) is 17.4 Å². The summed E-state index contributed by atoms with van der Waals surface area (Å²) in [6.45, 7) is 6.70. The first-order valence-corrected chi connectivity index (χ1v) is 22.7. The largest absolute Gasteiger partial charge is 0.481 e. The smallest absolute Gasteiger partial charge is 0.343 e. The summed E-state index contributed by atoms with van der Waals surface area (Å²) in [5.74, 6) is -5.11. The van der Waals surface area contributed by atoms with Gasteiger partial charge in [-0.1, -0.05) is 27.2 Å². The predicted octanol–water partition coefficient (Wildman–Crippen LogP) is 2.15. The number of carbonyl (C=O) groups is 8. The number of aliphatic hydroxyl groups is 1. The Bertz CT molecular complexity index is 2610. The number of carboxylic acid groups (broad SMARTS) is 1. The SMILES string of the molecule is CC[C@@]1(O)C(=O)OCc2c1cc1n(c2=O)Cc2c-1nc1ccc(NC(=O)[C@H](C)NC(=O)[C@@H](NC(=O)[C@H](CCC(=O)O)NC(=O)CCCCCN3C(=O)C=CC3=O)C(C)C)c3c1c2CCS3. The number of pyridine rings is 2. The van der Waals surface area contributed by atoms with Gasteiger partial charge < -0.3 is 40.8 Å². The molecule has 2 aromatic heterocycles. The zero-order valence-electron chi connectivity index (χ0n) is 36.4. The number of hydrogen-bond donors (Lipinski definition) is 6. The molecule has 0 unspecified atom stereocenters. The van der Waals surface area contributed by atoms with Gasteiger partial charge in [-0.15, -0.1) is 11.8 Å². The molecule has 65 heavy (non-hydrogen) atoms. The molecule has 344 valence electrons. The zero-order valence-corrected chi connectivity index (χ0v) is 37.2. The lowest BCUT2D eigenvalue weighted by Gasteiger charge is -2.31. The van der Waals surface area contributed by atoms with Crippen molar-refractivity contribution >= 4 is 75.7 Å². The molecular weight excluding hydrogens is 863 g/mol. The Hall–Kier alpha value is -6.41. The van der Waals surface area contributed by atoms with Gasteiger partial charge in [-0.05, 0) is 68.7 Å². The Morgan fingerprint density at radius 3 is 2.34 bits per heavy atom. The number of fused-ring (bicyclic) bond motifs is 5. The average Bonchev–Trinajstić information content (AvgIpc) is 3.81. The molecule has 0 aliphatic carbocycles. The van der Waals surface area contributed by atoms with Gasteiger partial charge in [-0.25, -0.2) is 9.78 Å². The maximum atomic E-state index is 13.8. The van der Waals surface area contributed by atoms with Gasteiger partial charge in [-0.3, -0.25) is 43.3 Å². The van der Waals surface area contributed by atoms with Crippen molar-refractivity contribution in [3.05, 3.63) is 63.0 Å². The van der Waals surface area contributed by atoms with Gasteiger partial charge in [0.1, 0.15) is 24.7 Å². The Kier molecular flexibility index (Phi) is 13.6. The van der Waals surface area contributed by atoms with E-state index < -0.39 is 83.4 Å². The number of unbranched alkanes of at least 4 members (excludes halogenated alkanes) is 2. The lowest BCUT2D eigenvalue weighted by atomic mass is 9.86. The number of nitrogens with one attached hydrogen (secondary N) is 4. The van der Waals surface area contributed by atoms with Crippen molar-refractivity contribution in [2.24, 2.45) is 5.92 Å². The monoisotopic (exact) mass is 913 g/mol. The molecule has 7 rings (SSSR count). The van der Waals surface area contributed by atoms with Crippen LogP contribution in [0.1, 0.15) is 94.9 Å². The fourth-order valence-electron chi connectivity index (χ4n) is 8.60. The van der Waals surface area contributed by atoms with Crippen molar-refractivity contribution in [1.29, 1.82) is 0 Å². The summed E-state index contributed by atoms with van der Waals surface area (Å²) in [5.41, 5.74) is 2.12. The number of rotatable bonds is 18. The molecule has 6 heterocycles. The van der Waals surface area contributed by atoms with Crippen LogP contribution < -0.4 is 26.8 Å². The topological polar surface area (TPSA) is 272 Å². The van der Waals surface area contributed by atoms with Crippen molar-refractivity contribution in [3.8, 4) is 11.4 Å². The van der Waals surface area contributed by atoms with Gasteiger partial charge in [0, 0.05) is 58.7 Å². The lowest BCUT2D eigenvalue weighted by Crippen LogP contribution is -2.57. The summed E-state index contributed by atoms with van der Waals surface area (Å²) in [5, 5.41) is 32.2. The number of imide groups is 1. The zero-order chi connectivity index (χ0) is 46.9. The molecule has 4 atom stereocenters. The second kappa shape index (κ2) is 19.0. The van der Waals surface area contributed by atoms with Crippen LogP contribution in [0.4, 0.5) is 5.69 Å². The minimum absolute atomic E-state index is 0.00237. The van der Waals surface area contributed by atoms with Crippen LogP contribution in [0.3, 0.4) is 0 Å². The molecular formula is C45H51N7O12S. The van der Waals surface area contributed by atoms with E-state index in [1.165, 1.54) is 30.8 Å². The van der Waals surface area contributed by atoms with Gasteiger partial charge in [0.2, 0.25) is 23.6 Å². The van der Waals surface area contributed by atoms with Gasteiger partial charge >= 0.3 is 11.9 Å². The number of aryl methyl sites for hydroxylation is 1. The molecule has 0 saturated carbocycles. The number of ether oxygens (including phenoxy) is 1. The summed E-state index contributed by atoms with van der Waals surface area (Å²) >= 11 is 1.53. The summed E-state index contributed by atoms with van der Waals surface area (Å²) in [6.07, 6.45) is 3.74. The number of nitrogens with zero attached hydrogens (tertiary/aromatic N) is 3. The molecule has 0 radical (unpaired) electrons. The number of cyclic esters (lactones) is 1. The fourth-order valence-corrected chi connectivity index (χ4v) is 9.75. The van der Waals surface area contributed by atoms with Crippen LogP contribution in [-0.4, -0.2) is 102 Å². The molecule has 1 aromatic carbocycles. The van der Waals surface area contributed by atoms with E-state index >= 15 is 0 Å². The molecule has 0 saturated heterocycles. The minimum atomic E-state index is -1.96. The molecule has 20 heteroatoms. The first kappa shape index (κ1) is 46.6. The van der Waals surface area contributed by atoms with E-state index in [1.54, 1.807) is 43.5 Å². The molecule has 6 amide bonds. The summed E-state index contributed by atoms with van der Waals surface area (Å²) < 4.78 is 6.79. The third-order valence-electron chi connectivity index (χ3n) is 12.3. The Morgan fingerprint density at radius 1 is 0.908 bits per heavy atom. The lowest BCUT2D eigenvalue weighted by molar-refractivity contribution is -0.172. The van der Waals surface area contributed by atoms with Gasteiger partial charge in [0.15, 0.2) is 5.60 Å². The maximum Gasteiger partial charge on any atom is 0.343 e. The van der Waals surface area contributed by atoms with E-state index in [0.29, 0.717) is 54.0 Å². The first-order chi connectivity index (χ1) is 30.9. The number of anilines is 1. The van der Waals surface area contributed by atoms with Crippen LogP contribution in [0.5, 0.6) is 0 Å². The maximum absolute atomic E-state index is 13.8.